The van der Waals surface area contributed by atoms with Gasteiger partial charge in [0.25, 0.3) is 0 Å². The Hall–Kier alpha value is -2.01. The van der Waals surface area contributed by atoms with Crippen LogP contribution in [0.1, 0.15) is 23.2 Å². The number of guanidine groups is 1. The zero-order valence-electron chi connectivity index (χ0n) is 18.0. The van der Waals surface area contributed by atoms with Crippen molar-refractivity contribution in [1.29, 1.82) is 0 Å². The van der Waals surface area contributed by atoms with Gasteiger partial charge in [-0.25, -0.2) is 10.4 Å². The lowest BCUT2D eigenvalue weighted by Gasteiger charge is -2.28. The second kappa shape index (κ2) is 9.01. The van der Waals surface area contributed by atoms with Crippen LogP contribution < -0.4 is 26.5 Å². The van der Waals surface area contributed by atoms with Crippen molar-refractivity contribution >= 4 is 17.7 Å². The lowest BCUT2D eigenvalue weighted by atomic mass is 10.0. The number of ether oxygens (including phenoxy) is 2. The fraction of sp³-hybridized carbons (Fsp3) is 0.600. The second-order valence-corrected chi connectivity index (χ2v) is 8.94. The van der Waals surface area contributed by atoms with Crippen molar-refractivity contribution in [2.75, 3.05) is 33.1 Å². The number of aliphatic imine (C=N–C) groups is 1. The van der Waals surface area contributed by atoms with Crippen LogP contribution in [0.4, 0.5) is 0 Å². The SMILES string of the molecule is COCCNC1CSC2N=C(N)NC3=C2C(C1)NN3Cc1ncc(C)c(OC)c1C. The summed E-state index contributed by atoms with van der Waals surface area (Å²) in [7, 11) is 3.43. The van der Waals surface area contributed by atoms with E-state index in [2.05, 4.69) is 38.0 Å². The van der Waals surface area contributed by atoms with Crippen LogP contribution in [0.5, 0.6) is 5.75 Å². The summed E-state index contributed by atoms with van der Waals surface area (Å²) in [5.41, 5.74) is 14.1. The van der Waals surface area contributed by atoms with Gasteiger partial charge >= 0.3 is 0 Å². The fourth-order valence-corrected chi connectivity index (χ4v) is 5.61. The van der Waals surface area contributed by atoms with Gasteiger partial charge in [-0.2, -0.15) is 0 Å². The van der Waals surface area contributed by atoms with Crippen molar-refractivity contribution in [1.82, 2.24) is 26.1 Å². The molecule has 164 valence electrons. The third kappa shape index (κ3) is 4.09. The Balaban J connectivity index is 1.57. The molecule has 0 saturated carbocycles. The minimum Gasteiger partial charge on any atom is -0.496 e. The topological polar surface area (TPSA) is 109 Å². The van der Waals surface area contributed by atoms with Crippen LogP contribution in [0.2, 0.25) is 0 Å². The quantitative estimate of drug-likeness (QED) is 0.460. The average molecular weight is 434 g/mol. The lowest BCUT2D eigenvalue weighted by molar-refractivity contribution is 0.192. The van der Waals surface area contributed by atoms with Gasteiger partial charge in [0.15, 0.2) is 5.96 Å². The van der Waals surface area contributed by atoms with Crippen molar-refractivity contribution in [2.45, 2.75) is 44.3 Å². The van der Waals surface area contributed by atoms with Gasteiger partial charge in [-0.15, -0.1) is 11.8 Å². The van der Waals surface area contributed by atoms with Crippen molar-refractivity contribution in [2.24, 2.45) is 10.7 Å². The number of nitrogens with zero attached hydrogens (tertiary/aromatic N) is 3. The molecule has 5 N–H and O–H groups in total. The van der Waals surface area contributed by atoms with E-state index in [9.17, 15) is 0 Å². The molecule has 0 aliphatic carbocycles. The summed E-state index contributed by atoms with van der Waals surface area (Å²) in [5.74, 6) is 3.33. The Labute approximate surface area is 181 Å². The largest absolute Gasteiger partial charge is 0.496 e. The maximum absolute atomic E-state index is 6.13. The van der Waals surface area contributed by atoms with Gasteiger partial charge in [0.1, 0.15) is 16.9 Å². The molecule has 3 aliphatic heterocycles. The highest BCUT2D eigenvalue weighted by molar-refractivity contribution is 8.00. The summed E-state index contributed by atoms with van der Waals surface area (Å²) in [6.45, 7) is 6.22. The maximum Gasteiger partial charge on any atom is 0.195 e. The zero-order valence-corrected chi connectivity index (χ0v) is 18.8. The number of aromatic nitrogens is 1. The molecule has 0 aromatic carbocycles. The van der Waals surface area contributed by atoms with E-state index in [1.165, 1.54) is 5.57 Å². The summed E-state index contributed by atoms with van der Waals surface area (Å²) in [4.78, 5) is 9.34. The summed E-state index contributed by atoms with van der Waals surface area (Å²) in [6, 6.07) is 0.565. The standard InChI is InChI=1S/C20H31N7O2S/c1-11-8-23-15(12(2)17(11)29-4)9-27-18-16-14(26-27)7-13(22-5-6-28-3)10-30-19(16)25-20(21)24-18/h8,13-14,19,22,26H,5-7,9-10H2,1-4H3,(H3,21,24,25). The normalized spacial score (nSPS) is 25.5. The Bertz CT molecular complexity index is 860. The van der Waals surface area contributed by atoms with Gasteiger partial charge in [0.05, 0.1) is 32.0 Å². The Morgan fingerprint density at radius 1 is 1.37 bits per heavy atom. The van der Waals surface area contributed by atoms with Crippen molar-refractivity contribution < 1.29 is 9.47 Å². The van der Waals surface area contributed by atoms with Crippen LogP contribution in [-0.4, -0.2) is 66.5 Å². The van der Waals surface area contributed by atoms with Crippen LogP contribution in [0, 0.1) is 13.8 Å². The number of hydrogen-bond acceptors (Lipinski definition) is 10. The minimum atomic E-state index is 0.0274. The first kappa shape index (κ1) is 21.2. The number of nitrogens with two attached hydrogens (primary N) is 1. The molecule has 0 bridgehead atoms. The molecule has 30 heavy (non-hydrogen) atoms. The van der Waals surface area contributed by atoms with E-state index in [1.807, 2.05) is 24.9 Å². The molecule has 4 heterocycles. The number of hydrogen-bond donors (Lipinski definition) is 4. The molecule has 1 aromatic rings. The first-order valence-corrected chi connectivity index (χ1v) is 11.3. The molecular weight excluding hydrogens is 402 g/mol. The monoisotopic (exact) mass is 433 g/mol. The van der Waals surface area contributed by atoms with E-state index in [1.54, 1.807) is 14.2 Å². The summed E-state index contributed by atoms with van der Waals surface area (Å²) in [5, 5.41) is 9.04. The van der Waals surface area contributed by atoms with E-state index in [0.29, 0.717) is 25.2 Å². The third-order valence-corrected chi connectivity index (χ3v) is 7.04. The van der Waals surface area contributed by atoms with E-state index >= 15 is 0 Å². The first-order chi connectivity index (χ1) is 14.5. The fourth-order valence-electron chi connectivity index (χ4n) is 4.30. The van der Waals surface area contributed by atoms with E-state index < -0.39 is 0 Å². The first-order valence-electron chi connectivity index (χ1n) is 10.2. The summed E-state index contributed by atoms with van der Waals surface area (Å²) >= 11 is 1.83. The molecule has 3 aliphatic rings. The molecule has 0 spiro atoms. The third-order valence-electron chi connectivity index (χ3n) is 5.77. The van der Waals surface area contributed by atoms with Crippen LogP contribution in [0.25, 0.3) is 0 Å². The zero-order chi connectivity index (χ0) is 21.3. The van der Waals surface area contributed by atoms with Gasteiger partial charge in [-0.3, -0.25) is 9.99 Å². The predicted molar refractivity (Wildman–Crippen MR) is 119 cm³/mol. The maximum atomic E-state index is 6.13. The van der Waals surface area contributed by atoms with Crippen LogP contribution in [0.15, 0.2) is 22.6 Å². The van der Waals surface area contributed by atoms with Gasteiger partial charge in [0, 0.05) is 48.3 Å². The van der Waals surface area contributed by atoms with Gasteiger partial charge in [-0.1, -0.05) is 0 Å². The van der Waals surface area contributed by atoms with Gasteiger partial charge < -0.3 is 25.8 Å². The summed E-state index contributed by atoms with van der Waals surface area (Å²) in [6.07, 6.45) is 2.84. The number of thioether (sulfide) groups is 1. The smallest absolute Gasteiger partial charge is 0.195 e. The average Bonchev–Trinajstić information content (AvgIpc) is 2.94. The number of hydrazine groups is 1. The number of nitrogens with one attached hydrogen (secondary N) is 3. The molecule has 0 amide bonds. The minimum absolute atomic E-state index is 0.0274. The molecule has 1 aromatic heterocycles. The molecule has 3 atom stereocenters. The predicted octanol–water partition coefficient (Wildman–Crippen LogP) is 0.593. The lowest BCUT2D eigenvalue weighted by Crippen LogP contribution is -2.45. The van der Waals surface area contributed by atoms with Crippen LogP contribution >= 0.6 is 11.8 Å². The van der Waals surface area contributed by atoms with Crippen molar-refractivity contribution in [3.05, 3.63) is 34.4 Å². The number of methoxy groups -OCH3 is 2. The molecule has 1 saturated heterocycles. The van der Waals surface area contributed by atoms with Crippen LogP contribution in [-0.2, 0) is 11.3 Å². The van der Waals surface area contributed by atoms with Crippen molar-refractivity contribution in [3.8, 4) is 5.75 Å². The van der Waals surface area contributed by atoms with E-state index in [-0.39, 0.29) is 11.4 Å². The second-order valence-electron chi connectivity index (χ2n) is 7.82. The Morgan fingerprint density at radius 3 is 2.97 bits per heavy atom. The van der Waals surface area contributed by atoms with Gasteiger partial charge in [0.2, 0.25) is 0 Å². The molecule has 0 radical (unpaired) electrons. The number of pyridine rings is 1. The summed E-state index contributed by atoms with van der Waals surface area (Å²) < 4.78 is 10.8. The number of aryl methyl sites for hydroxylation is 1. The molecule has 10 heteroatoms. The highest BCUT2D eigenvalue weighted by atomic mass is 32.2. The van der Waals surface area contributed by atoms with Gasteiger partial charge in [-0.05, 0) is 20.3 Å². The number of rotatable bonds is 7. The molecule has 3 unspecified atom stereocenters. The molecule has 9 nitrogen and oxygen atoms in total. The molecule has 4 rings (SSSR count). The van der Waals surface area contributed by atoms with E-state index in [0.717, 1.165) is 47.1 Å². The van der Waals surface area contributed by atoms with E-state index in [4.69, 9.17) is 15.2 Å². The molecular formula is C20H31N7O2S. The molecule has 1 fully saturated rings. The van der Waals surface area contributed by atoms with Crippen molar-refractivity contribution in [3.63, 3.8) is 0 Å². The van der Waals surface area contributed by atoms with Crippen LogP contribution in [0.3, 0.4) is 0 Å². The Morgan fingerprint density at radius 2 is 2.20 bits per heavy atom. The Kier molecular flexibility index (Phi) is 6.37. The highest BCUT2D eigenvalue weighted by Crippen LogP contribution is 2.38. The highest BCUT2D eigenvalue weighted by Gasteiger charge is 2.42.